The number of ether oxygens (including phenoxy) is 4. The van der Waals surface area contributed by atoms with E-state index in [2.05, 4.69) is 21.2 Å². The van der Waals surface area contributed by atoms with Crippen molar-refractivity contribution in [2.45, 2.75) is 26.7 Å². The first-order valence-electron chi connectivity index (χ1n) is 13.5. The van der Waals surface area contributed by atoms with Crippen LogP contribution in [0.4, 0.5) is 5.69 Å². The van der Waals surface area contributed by atoms with Crippen molar-refractivity contribution in [2.75, 3.05) is 39.3 Å². The highest BCUT2D eigenvalue weighted by atomic mass is 16.5. The summed E-state index contributed by atoms with van der Waals surface area (Å²) in [5, 5.41) is 9.28. The summed E-state index contributed by atoms with van der Waals surface area (Å²) in [6.07, 6.45) is 2.65. The zero-order valence-electron chi connectivity index (χ0n) is 24.2. The Balaban J connectivity index is 1.49. The number of para-hydroxylation sites is 1. The van der Waals surface area contributed by atoms with Crippen molar-refractivity contribution in [1.82, 2.24) is 10.7 Å². The summed E-state index contributed by atoms with van der Waals surface area (Å²) >= 11 is 0. The van der Waals surface area contributed by atoms with Gasteiger partial charge in [0.05, 0.1) is 27.0 Å². The van der Waals surface area contributed by atoms with Gasteiger partial charge in [-0.15, -0.1) is 0 Å². The van der Waals surface area contributed by atoms with Crippen molar-refractivity contribution >= 4 is 29.6 Å². The molecule has 3 N–H and O–H groups in total. The van der Waals surface area contributed by atoms with Crippen molar-refractivity contribution in [2.24, 2.45) is 5.10 Å². The number of nitrogens with one attached hydrogen (secondary N) is 3. The van der Waals surface area contributed by atoms with Crippen molar-refractivity contribution in [1.29, 1.82) is 0 Å². The van der Waals surface area contributed by atoms with E-state index in [1.165, 1.54) is 6.21 Å². The van der Waals surface area contributed by atoms with Gasteiger partial charge in [0, 0.05) is 12.2 Å². The van der Waals surface area contributed by atoms with E-state index in [-0.39, 0.29) is 19.1 Å². The number of benzene rings is 3. The largest absolute Gasteiger partial charge is 0.493 e. The Labute approximate surface area is 245 Å². The third-order valence-electron chi connectivity index (χ3n) is 6.03. The smallest absolute Gasteiger partial charge is 0.329 e. The normalized spacial score (nSPS) is 10.6. The molecule has 0 unspecified atom stereocenters. The summed E-state index contributed by atoms with van der Waals surface area (Å²) in [6, 6.07) is 18.0. The summed E-state index contributed by atoms with van der Waals surface area (Å²) in [7, 11) is 3.10. The zero-order valence-corrected chi connectivity index (χ0v) is 24.2. The van der Waals surface area contributed by atoms with Crippen molar-refractivity contribution in [3.05, 3.63) is 77.4 Å². The topological polar surface area (TPSA) is 137 Å². The molecule has 0 aliphatic heterocycles. The first kappa shape index (κ1) is 31.5. The molecule has 0 spiro atoms. The number of methoxy groups -OCH3 is 2. The van der Waals surface area contributed by atoms with Crippen molar-refractivity contribution in [3.8, 4) is 23.0 Å². The molecular formula is C31H36N4O7. The Hall–Kier alpha value is -5.06. The number of amides is 3. The molecule has 0 aliphatic rings. The molecule has 0 saturated heterocycles. The fraction of sp³-hybridized carbons (Fsp3) is 0.290. The van der Waals surface area contributed by atoms with Gasteiger partial charge in [-0.2, -0.15) is 5.10 Å². The van der Waals surface area contributed by atoms with Crippen LogP contribution >= 0.6 is 0 Å². The van der Waals surface area contributed by atoms with E-state index in [1.807, 2.05) is 50.2 Å². The lowest BCUT2D eigenvalue weighted by Crippen LogP contribution is -2.38. The third kappa shape index (κ3) is 9.26. The van der Waals surface area contributed by atoms with Crippen LogP contribution in [0, 0.1) is 0 Å². The molecule has 0 fully saturated rings. The monoisotopic (exact) mass is 576 g/mol. The van der Waals surface area contributed by atoms with Crippen LogP contribution in [0.2, 0.25) is 0 Å². The van der Waals surface area contributed by atoms with E-state index in [0.29, 0.717) is 41.6 Å². The molecule has 0 bridgehead atoms. The SMILES string of the molecule is CCOc1cc(/C=N\NC(=O)C(=O)NCCc2ccc(OC)c(OC)c2)ccc1OCC(=O)Nc1ccccc1CC. The predicted molar refractivity (Wildman–Crippen MR) is 160 cm³/mol. The number of rotatable bonds is 14. The van der Waals surface area contributed by atoms with Crippen LogP contribution in [0.3, 0.4) is 0 Å². The summed E-state index contributed by atoms with van der Waals surface area (Å²) < 4.78 is 21.8. The quantitative estimate of drug-likeness (QED) is 0.152. The minimum absolute atomic E-state index is 0.206. The van der Waals surface area contributed by atoms with Gasteiger partial charge in [0.15, 0.2) is 29.6 Å². The maximum Gasteiger partial charge on any atom is 0.329 e. The van der Waals surface area contributed by atoms with Crippen LogP contribution in [0.1, 0.15) is 30.5 Å². The Morgan fingerprint density at radius 1 is 0.833 bits per heavy atom. The number of anilines is 1. The second-order valence-electron chi connectivity index (χ2n) is 8.88. The van der Waals surface area contributed by atoms with Gasteiger partial charge in [-0.05, 0) is 72.9 Å². The average Bonchev–Trinajstić information content (AvgIpc) is 3.00. The minimum atomic E-state index is -0.904. The highest BCUT2D eigenvalue weighted by Crippen LogP contribution is 2.29. The molecule has 3 rings (SSSR count). The van der Waals surface area contributed by atoms with E-state index < -0.39 is 11.8 Å². The van der Waals surface area contributed by atoms with Crippen molar-refractivity contribution in [3.63, 3.8) is 0 Å². The van der Waals surface area contributed by atoms with Gasteiger partial charge in [-0.1, -0.05) is 31.2 Å². The zero-order chi connectivity index (χ0) is 30.3. The lowest BCUT2D eigenvalue weighted by Gasteiger charge is -2.13. The number of hydrazone groups is 1. The maximum absolute atomic E-state index is 12.5. The van der Waals surface area contributed by atoms with E-state index in [0.717, 1.165) is 23.2 Å². The number of nitrogens with zero attached hydrogens (tertiary/aromatic N) is 1. The fourth-order valence-electron chi connectivity index (χ4n) is 3.93. The molecule has 3 amide bonds. The molecule has 3 aromatic rings. The van der Waals surface area contributed by atoms with Crippen LogP contribution in [-0.4, -0.2) is 57.9 Å². The van der Waals surface area contributed by atoms with Gasteiger partial charge >= 0.3 is 11.8 Å². The molecule has 0 saturated carbocycles. The Morgan fingerprint density at radius 3 is 2.33 bits per heavy atom. The Bertz CT molecular complexity index is 1410. The lowest BCUT2D eigenvalue weighted by molar-refractivity contribution is -0.139. The second kappa shape index (κ2) is 16.3. The molecule has 222 valence electrons. The average molecular weight is 577 g/mol. The highest BCUT2D eigenvalue weighted by Gasteiger charge is 2.13. The molecular weight excluding hydrogens is 540 g/mol. The minimum Gasteiger partial charge on any atom is -0.493 e. The molecule has 0 aliphatic carbocycles. The van der Waals surface area contributed by atoms with Gasteiger partial charge in [-0.25, -0.2) is 5.43 Å². The fourth-order valence-corrected chi connectivity index (χ4v) is 3.93. The van der Waals surface area contributed by atoms with Crippen LogP contribution in [0.25, 0.3) is 0 Å². The van der Waals surface area contributed by atoms with Crippen LogP contribution < -0.4 is 35.0 Å². The molecule has 0 heterocycles. The summed E-state index contributed by atoms with van der Waals surface area (Å²) in [5.41, 5.74) is 5.48. The third-order valence-corrected chi connectivity index (χ3v) is 6.03. The standard InChI is InChI=1S/C31H36N4O7/c1-5-23-9-7-8-10-24(23)34-29(36)20-42-26-14-12-22(18-28(26)41-6-2)19-33-35-31(38)30(37)32-16-15-21-11-13-25(39-3)27(17-21)40-4/h7-14,17-19H,5-6,15-16,20H2,1-4H3,(H,32,37)(H,34,36)(H,35,38)/b33-19-. The van der Waals surface area contributed by atoms with Gasteiger partial charge in [-0.3, -0.25) is 14.4 Å². The van der Waals surface area contributed by atoms with Gasteiger partial charge in [0.2, 0.25) is 0 Å². The number of hydrogen-bond acceptors (Lipinski definition) is 8. The number of hydrogen-bond donors (Lipinski definition) is 3. The molecule has 0 atom stereocenters. The molecule has 11 heteroatoms. The predicted octanol–water partition coefficient (Wildman–Crippen LogP) is 3.49. The lowest BCUT2D eigenvalue weighted by atomic mass is 10.1. The molecule has 3 aromatic carbocycles. The van der Waals surface area contributed by atoms with Gasteiger partial charge in [0.1, 0.15) is 0 Å². The van der Waals surface area contributed by atoms with Crippen LogP contribution in [0.5, 0.6) is 23.0 Å². The highest BCUT2D eigenvalue weighted by molar-refractivity contribution is 6.35. The van der Waals surface area contributed by atoms with Gasteiger partial charge in [0.25, 0.3) is 5.91 Å². The first-order valence-corrected chi connectivity index (χ1v) is 13.5. The van der Waals surface area contributed by atoms with Crippen LogP contribution in [0.15, 0.2) is 65.8 Å². The van der Waals surface area contributed by atoms with Gasteiger partial charge < -0.3 is 29.6 Å². The molecule has 11 nitrogen and oxygen atoms in total. The number of carbonyl (C=O) groups is 3. The van der Waals surface area contributed by atoms with E-state index in [9.17, 15) is 14.4 Å². The number of aryl methyl sites for hydroxylation is 1. The van der Waals surface area contributed by atoms with E-state index in [4.69, 9.17) is 18.9 Å². The maximum atomic E-state index is 12.5. The van der Waals surface area contributed by atoms with E-state index >= 15 is 0 Å². The van der Waals surface area contributed by atoms with Crippen LogP contribution in [-0.2, 0) is 27.2 Å². The second-order valence-corrected chi connectivity index (χ2v) is 8.88. The Kier molecular flexibility index (Phi) is 12.2. The molecule has 0 aromatic heterocycles. The van der Waals surface area contributed by atoms with E-state index in [1.54, 1.807) is 38.5 Å². The first-order chi connectivity index (χ1) is 20.4. The summed E-state index contributed by atoms with van der Waals surface area (Å²) in [6.45, 7) is 4.25. The number of carbonyl (C=O) groups excluding carboxylic acids is 3. The van der Waals surface area contributed by atoms with Crippen molar-refractivity contribution < 1.29 is 33.3 Å². The summed E-state index contributed by atoms with van der Waals surface area (Å²) in [4.78, 5) is 36.8. The Morgan fingerprint density at radius 2 is 1.60 bits per heavy atom. The molecule has 0 radical (unpaired) electrons. The summed E-state index contributed by atoms with van der Waals surface area (Å²) in [5.74, 6) is -0.0401. The molecule has 42 heavy (non-hydrogen) atoms.